The van der Waals surface area contributed by atoms with Crippen molar-refractivity contribution in [3.8, 4) is 6.07 Å². The Kier molecular flexibility index (Phi) is 9.24. The Balaban J connectivity index is 0.00000121. The summed E-state index contributed by atoms with van der Waals surface area (Å²) in [4.78, 5) is 31.1. The molecule has 3 fully saturated rings. The molecule has 2 heterocycles. The van der Waals surface area contributed by atoms with Crippen molar-refractivity contribution in [3.63, 3.8) is 0 Å². The predicted molar refractivity (Wildman–Crippen MR) is 134 cm³/mol. The maximum absolute atomic E-state index is 13.5. The Bertz CT molecular complexity index is 1010. The average Bonchev–Trinajstić information content (AvgIpc) is 3.42. The smallest absolute Gasteiger partial charge is 0.330 e. The van der Waals surface area contributed by atoms with Crippen molar-refractivity contribution in [2.45, 2.75) is 89.8 Å². The van der Waals surface area contributed by atoms with Crippen LogP contribution >= 0.6 is 0 Å². The third-order valence-electron chi connectivity index (χ3n) is 7.53. The minimum absolute atomic E-state index is 0.0113. The van der Waals surface area contributed by atoms with Gasteiger partial charge in [-0.2, -0.15) is 18.4 Å². The first-order valence-electron chi connectivity index (χ1n) is 13.1. The van der Waals surface area contributed by atoms with Crippen LogP contribution in [-0.4, -0.2) is 70.3 Å². The van der Waals surface area contributed by atoms with Crippen LogP contribution in [0.15, 0.2) is 24.3 Å². The lowest BCUT2D eigenvalue weighted by molar-refractivity contribution is -0.143. The first-order valence-corrected chi connectivity index (χ1v) is 13.1. The van der Waals surface area contributed by atoms with Crippen LogP contribution in [0.4, 0.5) is 13.2 Å². The first kappa shape index (κ1) is 28.9. The van der Waals surface area contributed by atoms with Gasteiger partial charge < -0.3 is 15.5 Å². The molecule has 2 bridgehead atoms. The van der Waals surface area contributed by atoms with Crippen LogP contribution in [0.1, 0.15) is 70.5 Å². The molecule has 10 heteroatoms. The maximum Gasteiger partial charge on any atom is 0.416 e. The van der Waals surface area contributed by atoms with E-state index in [1.54, 1.807) is 22.8 Å². The topological polar surface area (TPSA) is 93.7 Å². The molecule has 204 valence electrons. The summed E-state index contributed by atoms with van der Waals surface area (Å²) in [5.74, 6) is -0.131. The van der Waals surface area contributed by atoms with E-state index in [1.807, 2.05) is 17.9 Å². The van der Waals surface area contributed by atoms with Gasteiger partial charge in [0.25, 0.3) is 0 Å². The number of rotatable bonds is 8. The van der Waals surface area contributed by atoms with E-state index in [0.717, 1.165) is 18.9 Å². The number of hydrogen-bond donors (Lipinski definition) is 1. The number of nitrogens with two attached hydrogens (primary N) is 1. The van der Waals surface area contributed by atoms with Gasteiger partial charge >= 0.3 is 6.18 Å². The van der Waals surface area contributed by atoms with Gasteiger partial charge in [-0.3, -0.25) is 14.5 Å². The summed E-state index contributed by atoms with van der Waals surface area (Å²) in [5, 5.41) is 9.14. The van der Waals surface area contributed by atoms with E-state index in [-0.39, 0.29) is 42.6 Å². The molecule has 1 saturated carbocycles. The highest BCUT2D eigenvalue weighted by molar-refractivity contribution is 5.87. The number of halogens is 3. The number of carbonyl (C=O) groups is 2. The number of fused-ring (bicyclic) bond motifs is 2. The van der Waals surface area contributed by atoms with Crippen molar-refractivity contribution in [1.29, 1.82) is 5.26 Å². The number of benzene rings is 1. The zero-order chi connectivity index (χ0) is 27.5. The Morgan fingerprint density at radius 3 is 2.43 bits per heavy atom. The first-order chi connectivity index (χ1) is 17.5. The molecule has 3 aliphatic rings. The lowest BCUT2D eigenvalue weighted by Crippen LogP contribution is -2.56. The third kappa shape index (κ3) is 6.10. The molecule has 1 aromatic rings. The van der Waals surface area contributed by atoms with Crippen molar-refractivity contribution >= 4 is 11.8 Å². The minimum atomic E-state index is -4.50. The van der Waals surface area contributed by atoms with Crippen LogP contribution in [0, 0.1) is 17.2 Å². The van der Waals surface area contributed by atoms with E-state index >= 15 is 0 Å². The van der Waals surface area contributed by atoms with E-state index in [1.165, 1.54) is 18.6 Å². The lowest BCUT2D eigenvalue weighted by Gasteiger charge is -2.39. The average molecular weight is 522 g/mol. The molecule has 0 aromatic heterocycles. The summed E-state index contributed by atoms with van der Waals surface area (Å²) in [5.41, 5.74) is 5.57. The molecular formula is C27H38F3N5O2. The van der Waals surface area contributed by atoms with E-state index in [0.29, 0.717) is 18.9 Å². The van der Waals surface area contributed by atoms with Gasteiger partial charge in [0.1, 0.15) is 6.54 Å². The lowest BCUT2D eigenvalue weighted by atomic mass is 9.99. The summed E-state index contributed by atoms with van der Waals surface area (Å²) in [7, 11) is 0. The number of likely N-dealkylation sites (tertiary alicyclic amines) is 2. The van der Waals surface area contributed by atoms with Crippen LogP contribution in [0.5, 0.6) is 0 Å². The highest BCUT2D eigenvalue weighted by atomic mass is 19.4. The molecule has 4 rings (SSSR count). The highest BCUT2D eigenvalue weighted by Crippen LogP contribution is 2.42. The van der Waals surface area contributed by atoms with Crippen LogP contribution < -0.4 is 5.73 Å². The molecule has 37 heavy (non-hydrogen) atoms. The second-order valence-corrected chi connectivity index (χ2v) is 10.3. The van der Waals surface area contributed by atoms with E-state index in [2.05, 4.69) is 13.8 Å². The second-order valence-electron chi connectivity index (χ2n) is 10.3. The normalized spacial score (nSPS) is 26.2. The molecule has 1 aromatic carbocycles. The molecule has 2 aliphatic heterocycles. The van der Waals surface area contributed by atoms with Gasteiger partial charge in [0.15, 0.2) is 0 Å². The number of amides is 2. The predicted octanol–water partition coefficient (Wildman–Crippen LogP) is 3.95. The van der Waals surface area contributed by atoms with Gasteiger partial charge in [0.05, 0.1) is 29.8 Å². The fourth-order valence-electron chi connectivity index (χ4n) is 5.70. The van der Waals surface area contributed by atoms with E-state index in [4.69, 9.17) is 11.0 Å². The van der Waals surface area contributed by atoms with Crippen molar-refractivity contribution in [3.05, 3.63) is 35.4 Å². The Labute approximate surface area is 217 Å². The van der Waals surface area contributed by atoms with Crippen molar-refractivity contribution < 1.29 is 22.8 Å². The van der Waals surface area contributed by atoms with Crippen molar-refractivity contribution in [2.75, 3.05) is 19.6 Å². The molecule has 1 aliphatic carbocycles. The number of alkyl halides is 3. The molecule has 0 radical (unpaired) electrons. The Morgan fingerprint density at radius 1 is 1.24 bits per heavy atom. The van der Waals surface area contributed by atoms with Gasteiger partial charge in [-0.15, -0.1) is 0 Å². The van der Waals surface area contributed by atoms with Crippen molar-refractivity contribution in [1.82, 2.24) is 14.7 Å². The Morgan fingerprint density at radius 2 is 1.89 bits per heavy atom. The molecule has 0 spiro atoms. The second kappa shape index (κ2) is 11.8. The monoisotopic (exact) mass is 521 g/mol. The number of piperazine rings is 1. The molecule has 2 N–H and O–H groups in total. The number of nitrogens with zero attached hydrogens (tertiary/aromatic N) is 4. The summed E-state index contributed by atoms with van der Waals surface area (Å²) in [6, 6.07) is 5.12. The fourth-order valence-corrected chi connectivity index (χ4v) is 5.70. The zero-order valence-electron chi connectivity index (χ0n) is 22.0. The van der Waals surface area contributed by atoms with Gasteiger partial charge in [-0.1, -0.05) is 51.8 Å². The molecule has 2 amide bonds. The van der Waals surface area contributed by atoms with Gasteiger partial charge in [0.2, 0.25) is 11.8 Å². The van der Waals surface area contributed by atoms with Gasteiger partial charge in [-0.25, -0.2) is 0 Å². The van der Waals surface area contributed by atoms with E-state index in [9.17, 15) is 22.8 Å². The minimum Gasteiger partial charge on any atom is -0.330 e. The standard InChI is InChI=1S/C24H30F3N5O2.C3H8/c1-3-15-10-20(15)31(9-8-28)22(33)19(29)13-30-12-16-11-21(30)23(34)32(16)14(2)17-6-4-5-7-18(17)24(25,26)27;1-3-2/h4-7,14-16,19-21H,3,9-13,29H2,1-2H3;3H2,1-2H3. The van der Waals surface area contributed by atoms with Gasteiger partial charge in [-0.05, 0) is 37.3 Å². The molecule has 2 saturated heterocycles. The summed E-state index contributed by atoms with van der Waals surface area (Å²) in [6.07, 6.45) is -0.944. The van der Waals surface area contributed by atoms with Crippen LogP contribution in [-0.2, 0) is 15.8 Å². The van der Waals surface area contributed by atoms with Gasteiger partial charge in [0, 0.05) is 25.2 Å². The number of carbonyl (C=O) groups excluding carboxylic acids is 2. The molecule has 6 atom stereocenters. The van der Waals surface area contributed by atoms with Crippen LogP contribution in [0.2, 0.25) is 0 Å². The van der Waals surface area contributed by atoms with Crippen LogP contribution in [0.3, 0.4) is 0 Å². The summed E-state index contributed by atoms with van der Waals surface area (Å²) < 4.78 is 40.5. The zero-order valence-corrected chi connectivity index (χ0v) is 22.0. The quantitative estimate of drug-likeness (QED) is 0.523. The third-order valence-corrected chi connectivity index (χ3v) is 7.53. The Hall–Kier alpha value is -2.64. The fraction of sp³-hybridized carbons (Fsp3) is 0.667. The molecular weight excluding hydrogens is 483 g/mol. The SMILES string of the molecule is CCC.CCC1CC1N(CC#N)C(=O)C(N)CN1CC2CC1C(=O)N2C(C)c1ccccc1C(F)(F)F. The number of hydrogen-bond acceptors (Lipinski definition) is 5. The molecule has 7 nitrogen and oxygen atoms in total. The molecule has 6 unspecified atom stereocenters. The summed E-state index contributed by atoms with van der Waals surface area (Å²) >= 11 is 0. The van der Waals surface area contributed by atoms with Crippen molar-refractivity contribution in [2.24, 2.45) is 11.7 Å². The largest absolute Gasteiger partial charge is 0.416 e. The maximum atomic E-state index is 13.5. The summed E-state index contributed by atoms with van der Waals surface area (Å²) in [6.45, 7) is 8.55. The van der Waals surface area contributed by atoms with E-state index < -0.39 is 29.9 Å². The number of nitriles is 1. The highest BCUT2D eigenvalue weighted by Gasteiger charge is 2.52. The van der Waals surface area contributed by atoms with Crippen LogP contribution in [0.25, 0.3) is 0 Å².